The molecule has 2 aromatic rings. The molecule has 2 aromatic carbocycles. The highest BCUT2D eigenvalue weighted by Gasteiger charge is 2.28. The highest BCUT2D eigenvalue weighted by Crippen LogP contribution is 2.19. The molecule has 4 nitrogen and oxygen atoms in total. The molecule has 0 aliphatic heterocycles. The molecule has 1 N–H and O–H groups in total. The number of nitrogens with one attached hydrogen (secondary N) is 1. The van der Waals surface area contributed by atoms with Crippen LogP contribution in [0.25, 0.3) is 0 Å². The maximum absolute atomic E-state index is 13.3. The maximum Gasteiger partial charge on any atom is 0.242 e. The van der Waals surface area contributed by atoms with E-state index in [0.29, 0.717) is 38.3 Å². The van der Waals surface area contributed by atoms with E-state index in [1.54, 1.807) is 4.90 Å². The summed E-state index contributed by atoms with van der Waals surface area (Å²) in [4.78, 5) is 27.9. The van der Waals surface area contributed by atoms with Crippen LogP contribution in [0.3, 0.4) is 0 Å². The van der Waals surface area contributed by atoms with E-state index in [2.05, 4.69) is 43.4 Å². The van der Waals surface area contributed by atoms with Crippen LogP contribution in [0, 0.1) is 6.92 Å². The van der Waals surface area contributed by atoms with Crippen molar-refractivity contribution in [2.45, 2.75) is 78.8 Å². The number of amides is 2. The van der Waals surface area contributed by atoms with Crippen molar-refractivity contribution >= 4 is 11.8 Å². The molecule has 0 aliphatic carbocycles. The second-order valence-corrected chi connectivity index (χ2v) is 8.56. The molecule has 0 saturated carbocycles. The summed E-state index contributed by atoms with van der Waals surface area (Å²) in [5.74, 6) is 0.453. The Balaban J connectivity index is 2.18. The zero-order valence-electron chi connectivity index (χ0n) is 19.8. The molecule has 4 heteroatoms. The average molecular weight is 423 g/mol. The highest BCUT2D eigenvalue weighted by molar-refractivity contribution is 5.87. The number of hydrogen-bond acceptors (Lipinski definition) is 2. The molecule has 0 spiro atoms. The van der Waals surface area contributed by atoms with Gasteiger partial charge >= 0.3 is 0 Å². The van der Waals surface area contributed by atoms with Crippen LogP contribution in [-0.4, -0.2) is 29.3 Å². The van der Waals surface area contributed by atoms with E-state index < -0.39 is 6.04 Å². The monoisotopic (exact) mass is 422 g/mol. The first-order chi connectivity index (χ1) is 14.9. The summed E-state index contributed by atoms with van der Waals surface area (Å²) in [6, 6.07) is 16.1. The molecule has 0 radical (unpaired) electrons. The van der Waals surface area contributed by atoms with Crippen molar-refractivity contribution in [2.24, 2.45) is 0 Å². The van der Waals surface area contributed by atoms with Crippen molar-refractivity contribution in [2.75, 3.05) is 6.54 Å². The largest absolute Gasteiger partial charge is 0.354 e. The topological polar surface area (TPSA) is 49.4 Å². The molecule has 0 bridgehead atoms. The zero-order chi connectivity index (χ0) is 22.8. The molecule has 168 valence electrons. The molecule has 0 heterocycles. The van der Waals surface area contributed by atoms with Crippen LogP contribution in [0.5, 0.6) is 0 Å². The number of hydrogen-bond donors (Lipinski definition) is 1. The van der Waals surface area contributed by atoms with Crippen LogP contribution in [0.4, 0.5) is 0 Å². The van der Waals surface area contributed by atoms with Crippen molar-refractivity contribution in [1.82, 2.24) is 10.2 Å². The van der Waals surface area contributed by atoms with Crippen molar-refractivity contribution in [3.8, 4) is 0 Å². The summed E-state index contributed by atoms with van der Waals surface area (Å²) >= 11 is 0. The minimum absolute atomic E-state index is 0.0229. The summed E-state index contributed by atoms with van der Waals surface area (Å²) in [5.41, 5.74) is 4.67. The van der Waals surface area contributed by atoms with E-state index in [1.807, 2.05) is 45.0 Å². The molecule has 0 aromatic heterocycles. The number of aryl methyl sites for hydroxylation is 2. The van der Waals surface area contributed by atoms with Gasteiger partial charge in [-0.05, 0) is 54.4 Å². The molecule has 0 saturated heterocycles. The average Bonchev–Trinajstić information content (AvgIpc) is 2.77. The van der Waals surface area contributed by atoms with Gasteiger partial charge in [-0.15, -0.1) is 0 Å². The predicted molar refractivity (Wildman–Crippen MR) is 128 cm³/mol. The molecule has 1 atom stereocenters. The van der Waals surface area contributed by atoms with Crippen LogP contribution < -0.4 is 5.32 Å². The molecule has 2 amide bonds. The lowest BCUT2D eigenvalue weighted by atomic mass is 10.00. The van der Waals surface area contributed by atoms with Gasteiger partial charge in [0.25, 0.3) is 0 Å². The molecule has 31 heavy (non-hydrogen) atoms. The van der Waals surface area contributed by atoms with Gasteiger partial charge in [0.1, 0.15) is 6.04 Å². The van der Waals surface area contributed by atoms with Gasteiger partial charge in [0, 0.05) is 19.5 Å². The van der Waals surface area contributed by atoms with Crippen LogP contribution in [0.15, 0.2) is 48.5 Å². The van der Waals surface area contributed by atoms with E-state index in [-0.39, 0.29) is 11.8 Å². The van der Waals surface area contributed by atoms with Gasteiger partial charge in [-0.1, -0.05) is 76.2 Å². The Kier molecular flexibility index (Phi) is 9.77. The fourth-order valence-electron chi connectivity index (χ4n) is 3.72. The number of nitrogens with zero attached hydrogens (tertiary/aromatic N) is 1. The van der Waals surface area contributed by atoms with Crippen molar-refractivity contribution in [1.29, 1.82) is 0 Å². The van der Waals surface area contributed by atoms with Gasteiger partial charge in [-0.25, -0.2) is 0 Å². The molecule has 2 rings (SSSR count). The van der Waals surface area contributed by atoms with Gasteiger partial charge in [0.15, 0.2) is 0 Å². The summed E-state index contributed by atoms with van der Waals surface area (Å²) in [6.45, 7) is 11.5. The lowest BCUT2D eigenvalue weighted by Gasteiger charge is -2.31. The summed E-state index contributed by atoms with van der Waals surface area (Å²) in [5, 5.41) is 2.98. The minimum atomic E-state index is -0.457. The van der Waals surface area contributed by atoms with E-state index in [4.69, 9.17) is 0 Å². The first kappa shape index (κ1) is 24.6. The van der Waals surface area contributed by atoms with Gasteiger partial charge in [-0.3, -0.25) is 9.59 Å². The minimum Gasteiger partial charge on any atom is -0.354 e. The second kappa shape index (κ2) is 12.3. The molecule has 0 unspecified atom stereocenters. The normalized spacial score (nSPS) is 11.9. The van der Waals surface area contributed by atoms with E-state index in [9.17, 15) is 9.59 Å². The lowest BCUT2D eigenvalue weighted by molar-refractivity contribution is -0.141. The van der Waals surface area contributed by atoms with Crippen LogP contribution >= 0.6 is 0 Å². The number of rotatable bonds is 11. The first-order valence-corrected chi connectivity index (χ1v) is 11.6. The van der Waals surface area contributed by atoms with E-state index in [0.717, 1.165) is 23.1 Å². The number of benzene rings is 2. The summed E-state index contributed by atoms with van der Waals surface area (Å²) in [7, 11) is 0. The van der Waals surface area contributed by atoms with Gasteiger partial charge in [-0.2, -0.15) is 0 Å². The number of carbonyl (C=O) groups excluding carboxylic acids is 2. The summed E-state index contributed by atoms with van der Waals surface area (Å²) in [6.07, 6.45) is 2.54. The zero-order valence-corrected chi connectivity index (χ0v) is 19.8. The predicted octanol–water partition coefficient (Wildman–Crippen LogP) is 5.38. The molecule has 0 fully saturated rings. The number of carbonyl (C=O) groups is 2. The quantitative estimate of drug-likeness (QED) is 0.528. The fourth-order valence-corrected chi connectivity index (χ4v) is 3.72. The second-order valence-electron chi connectivity index (χ2n) is 8.56. The van der Waals surface area contributed by atoms with Crippen molar-refractivity contribution in [3.05, 3.63) is 70.8 Å². The standard InChI is InChI=1S/C27H38N2O2/c1-6-18-28-27(31)25(7-2)29(19-24-11-9-8-10-21(24)5)26(30)17-14-22-12-15-23(16-13-22)20(3)4/h8-13,15-16,20,25H,6-7,14,17-19H2,1-5H3,(H,28,31)/t25-/m1/s1. The smallest absolute Gasteiger partial charge is 0.242 e. The third-order valence-electron chi connectivity index (χ3n) is 5.81. The van der Waals surface area contributed by atoms with Crippen LogP contribution in [-0.2, 0) is 22.6 Å². The molecular formula is C27H38N2O2. The third-order valence-corrected chi connectivity index (χ3v) is 5.81. The van der Waals surface area contributed by atoms with Gasteiger partial charge in [0.05, 0.1) is 0 Å². The van der Waals surface area contributed by atoms with Crippen molar-refractivity contribution < 1.29 is 9.59 Å². The van der Waals surface area contributed by atoms with E-state index in [1.165, 1.54) is 5.56 Å². The molecular weight excluding hydrogens is 384 g/mol. The Morgan fingerprint density at radius 1 is 1.00 bits per heavy atom. The lowest BCUT2D eigenvalue weighted by Crippen LogP contribution is -2.49. The Morgan fingerprint density at radius 2 is 1.68 bits per heavy atom. The Hall–Kier alpha value is -2.62. The van der Waals surface area contributed by atoms with Gasteiger partial charge < -0.3 is 10.2 Å². The van der Waals surface area contributed by atoms with Gasteiger partial charge in [0.2, 0.25) is 11.8 Å². The van der Waals surface area contributed by atoms with Crippen LogP contribution in [0.1, 0.15) is 75.1 Å². The third kappa shape index (κ3) is 7.23. The fraction of sp³-hybridized carbons (Fsp3) is 0.481. The SMILES string of the molecule is CCCNC(=O)[C@@H](CC)N(Cc1ccccc1C)C(=O)CCc1ccc(C(C)C)cc1. The molecule has 0 aliphatic rings. The maximum atomic E-state index is 13.3. The first-order valence-electron chi connectivity index (χ1n) is 11.6. The van der Waals surface area contributed by atoms with Crippen molar-refractivity contribution in [3.63, 3.8) is 0 Å². The highest BCUT2D eigenvalue weighted by atomic mass is 16.2. The Morgan fingerprint density at radius 3 is 2.26 bits per heavy atom. The Labute approximate surface area is 188 Å². The Bertz CT molecular complexity index is 843. The van der Waals surface area contributed by atoms with E-state index >= 15 is 0 Å². The summed E-state index contributed by atoms with van der Waals surface area (Å²) < 4.78 is 0. The van der Waals surface area contributed by atoms with Crippen LogP contribution in [0.2, 0.25) is 0 Å².